The van der Waals surface area contributed by atoms with E-state index < -0.39 is 35.7 Å². The Balaban J connectivity index is 2.01. The van der Waals surface area contributed by atoms with Gasteiger partial charge < -0.3 is 24.8 Å². The van der Waals surface area contributed by atoms with Crippen LogP contribution in [0, 0.1) is 11.3 Å². The highest BCUT2D eigenvalue weighted by Crippen LogP contribution is 2.23. The Bertz CT molecular complexity index is 1080. The van der Waals surface area contributed by atoms with Crippen LogP contribution >= 0.6 is 0 Å². The number of Topliss-reactive ketones (excluding diaryl/α,β-unsaturated/α-hetero) is 1. The molecule has 0 aliphatic rings. The molecule has 2 aromatic rings. The number of anilines is 1. The van der Waals surface area contributed by atoms with E-state index >= 15 is 0 Å². The minimum absolute atomic E-state index is 0.148. The molecule has 0 saturated heterocycles. The molecule has 0 saturated carbocycles. The predicted molar refractivity (Wildman–Crippen MR) is 135 cm³/mol. The van der Waals surface area contributed by atoms with Gasteiger partial charge in [-0.15, -0.1) is 0 Å². The fraction of sp³-hybridized carbons (Fsp3) is 0.407. The zero-order valence-electron chi connectivity index (χ0n) is 21.8. The number of rotatable bonds is 10. The van der Waals surface area contributed by atoms with Gasteiger partial charge in [0.1, 0.15) is 17.5 Å². The number of hydrogen-bond acceptors (Lipinski definition) is 7. The number of carbonyl (C=O) groups is 4. The molecule has 0 aromatic heterocycles. The van der Waals surface area contributed by atoms with Crippen molar-refractivity contribution >= 4 is 29.3 Å². The van der Waals surface area contributed by atoms with Gasteiger partial charge in [-0.2, -0.15) is 0 Å². The smallest absolute Gasteiger partial charge is 0.329 e. The number of esters is 1. The Labute approximate surface area is 211 Å². The second-order valence-corrected chi connectivity index (χ2v) is 9.61. The molecule has 9 heteroatoms. The number of ether oxygens (including phenoxy) is 3. The van der Waals surface area contributed by atoms with Crippen molar-refractivity contribution in [3.05, 3.63) is 53.6 Å². The summed E-state index contributed by atoms with van der Waals surface area (Å²) >= 11 is 0. The molecule has 2 rings (SSSR count). The zero-order valence-corrected chi connectivity index (χ0v) is 21.8. The molecule has 9 nitrogen and oxygen atoms in total. The first kappa shape index (κ1) is 28.4. The van der Waals surface area contributed by atoms with Crippen LogP contribution in [-0.2, 0) is 14.3 Å². The zero-order chi connectivity index (χ0) is 27.0. The van der Waals surface area contributed by atoms with Crippen molar-refractivity contribution < 1.29 is 33.4 Å². The van der Waals surface area contributed by atoms with Crippen molar-refractivity contribution in [1.82, 2.24) is 5.32 Å². The molecular weight excluding hydrogens is 464 g/mol. The molecule has 0 aliphatic heterocycles. The average Bonchev–Trinajstić information content (AvgIpc) is 2.84. The lowest BCUT2D eigenvalue weighted by Crippen LogP contribution is -2.45. The second-order valence-electron chi connectivity index (χ2n) is 9.61. The lowest BCUT2D eigenvalue weighted by Gasteiger charge is -2.21. The number of amides is 2. The van der Waals surface area contributed by atoms with Gasteiger partial charge in [0.2, 0.25) is 5.91 Å². The van der Waals surface area contributed by atoms with Gasteiger partial charge in [-0.1, -0.05) is 34.6 Å². The third-order valence-corrected chi connectivity index (χ3v) is 5.31. The van der Waals surface area contributed by atoms with Crippen LogP contribution in [0.5, 0.6) is 11.5 Å². The van der Waals surface area contributed by atoms with Gasteiger partial charge in [0.05, 0.1) is 14.2 Å². The van der Waals surface area contributed by atoms with E-state index in [4.69, 9.17) is 14.2 Å². The second kappa shape index (κ2) is 12.2. The van der Waals surface area contributed by atoms with Crippen LogP contribution in [-0.4, -0.2) is 50.4 Å². The van der Waals surface area contributed by atoms with Crippen LogP contribution in [0.15, 0.2) is 42.5 Å². The molecule has 1 atom stereocenters. The third-order valence-electron chi connectivity index (χ3n) is 5.31. The third kappa shape index (κ3) is 7.83. The van der Waals surface area contributed by atoms with Crippen molar-refractivity contribution in [2.45, 2.75) is 40.7 Å². The Morgan fingerprint density at radius 2 is 1.42 bits per heavy atom. The van der Waals surface area contributed by atoms with Gasteiger partial charge in [0, 0.05) is 28.3 Å². The molecular formula is C27H34N2O7. The molecule has 0 radical (unpaired) electrons. The summed E-state index contributed by atoms with van der Waals surface area (Å²) in [5.41, 5.74) is 0.578. The number of nitrogens with one attached hydrogen (secondary N) is 2. The van der Waals surface area contributed by atoms with E-state index in [2.05, 4.69) is 10.6 Å². The number of benzene rings is 2. The first-order chi connectivity index (χ1) is 16.8. The van der Waals surface area contributed by atoms with Crippen molar-refractivity contribution in [3.8, 4) is 11.5 Å². The molecule has 2 aromatic carbocycles. The SMILES string of the molecule is COc1cc(OC)cc(C(=O)NC(C(=O)OCC(=O)c2ccc(NC(=O)C(C)(C)C)cc2)C(C)C)c1. The first-order valence-electron chi connectivity index (χ1n) is 11.5. The summed E-state index contributed by atoms with van der Waals surface area (Å²) < 4.78 is 15.6. The van der Waals surface area contributed by atoms with Crippen molar-refractivity contribution in [2.75, 3.05) is 26.1 Å². The van der Waals surface area contributed by atoms with Crippen LogP contribution < -0.4 is 20.1 Å². The fourth-order valence-electron chi connectivity index (χ4n) is 3.03. The maximum absolute atomic E-state index is 12.8. The van der Waals surface area contributed by atoms with E-state index in [9.17, 15) is 19.2 Å². The molecule has 2 amide bonds. The van der Waals surface area contributed by atoms with Crippen LogP contribution in [0.3, 0.4) is 0 Å². The van der Waals surface area contributed by atoms with Crippen LogP contribution in [0.25, 0.3) is 0 Å². The molecule has 2 N–H and O–H groups in total. The van der Waals surface area contributed by atoms with Gasteiger partial charge in [0.15, 0.2) is 12.4 Å². The Hall–Kier alpha value is -3.88. The van der Waals surface area contributed by atoms with Crippen LogP contribution in [0.1, 0.15) is 55.3 Å². The standard InChI is InChI=1S/C27H34N2O7/c1-16(2)23(29-24(31)18-12-20(34-6)14-21(13-18)35-7)25(32)36-15-22(30)17-8-10-19(11-9-17)28-26(33)27(3,4)5/h8-14,16,23H,15H2,1-7H3,(H,28,33)(H,29,31). The molecule has 194 valence electrons. The first-order valence-corrected chi connectivity index (χ1v) is 11.5. The predicted octanol–water partition coefficient (Wildman–Crippen LogP) is 3.87. The number of ketones is 1. The number of hydrogen-bond donors (Lipinski definition) is 2. The highest BCUT2D eigenvalue weighted by Gasteiger charge is 2.27. The van der Waals surface area contributed by atoms with Crippen LogP contribution in [0.2, 0.25) is 0 Å². The van der Waals surface area contributed by atoms with E-state index in [1.54, 1.807) is 65.0 Å². The summed E-state index contributed by atoms with van der Waals surface area (Å²) in [5, 5.41) is 5.44. The summed E-state index contributed by atoms with van der Waals surface area (Å²) in [6, 6.07) is 10.0. The average molecular weight is 499 g/mol. The minimum Gasteiger partial charge on any atom is -0.497 e. The van der Waals surface area contributed by atoms with E-state index in [1.165, 1.54) is 26.4 Å². The van der Waals surface area contributed by atoms with E-state index in [1.807, 2.05) is 0 Å². The maximum atomic E-state index is 12.8. The Morgan fingerprint density at radius 3 is 1.89 bits per heavy atom. The fourth-order valence-corrected chi connectivity index (χ4v) is 3.03. The molecule has 0 fully saturated rings. The Kier molecular flexibility index (Phi) is 9.60. The summed E-state index contributed by atoms with van der Waals surface area (Å²) in [7, 11) is 2.94. The lowest BCUT2D eigenvalue weighted by atomic mass is 9.95. The van der Waals surface area contributed by atoms with E-state index in [-0.39, 0.29) is 17.4 Å². The molecule has 0 bridgehead atoms. The topological polar surface area (TPSA) is 120 Å². The van der Waals surface area contributed by atoms with E-state index in [0.717, 1.165) is 0 Å². The monoisotopic (exact) mass is 498 g/mol. The van der Waals surface area contributed by atoms with Gasteiger partial charge in [-0.25, -0.2) is 4.79 Å². The highest BCUT2D eigenvalue weighted by atomic mass is 16.5. The van der Waals surface area contributed by atoms with Crippen molar-refractivity contribution in [2.24, 2.45) is 11.3 Å². The molecule has 0 aliphatic carbocycles. The molecule has 36 heavy (non-hydrogen) atoms. The minimum atomic E-state index is -0.975. The number of methoxy groups -OCH3 is 2. The van der Waals surface area contributed by atoms with Crippen LogP contribution in [0.4, 0.5) is 5.69 Å². The maximum Gasteiger partial charge on any atom is 0.329 e. The summed E-state index contributed by atoms with van der Waals surface area (Å²) in [6.45, 7) is 8.42. The largest absolute Gasteiger partial charge is 0.497 e. The van der Waals surface area contributed by atoms with Crippen molar-refractivity contribution in [1.29, 1.82) is 0 Å². The number of carbonyl (C=O) groups excluding carboxylic acids is 4. The van der Waals surface area contributed by atoms with Gasteiger partial charge in [0.25, 0.3) is 5.91 Å². The van der Waals surface area contributed by atoms with Crippen molar-refractivity contribution in [3.63, 3.8) is 0 Å². The normalized spacial score (nSPS) is 11.9. The van der Waals surface area contributed by atoms with Gasteiger partial charge in [-0.05, 0) is 42.3 Å². The molecule has 0 heterocycles. The van der Waals surface area contributed by atoms with Gasteiger partial charge in [-0.3, -0.25) is 14.4 Å². The van der Waals surface area contributed by atoms with E-state index in [0.29, 0.717) is 22.7 Å². The quantitative estimate of drug-likeness (QED) is 0.377. The molecule has 0 spiro atoms. The highest BCUT2D eigenvalue weighted by molar-refractivity contribution is 6.00. The summed E-state index contributed by atoms with van der Waals surface area (Å²) in [4.78, 5) is 50.2. The Morgan fingerprint density at radius 1 is 0.861 bits per heavy atom. The summed E-state index contributed by atoms with van der Waals surface area (Å²) in [5.74, 6) is -1.24. The summed E-state index contributed by atoms with van der Waals surface area (Å²) in [6.07, 6.45) is 0. The lowest BCUT2D eigenvalue weighted by molar-refractivity contribution is -0.146. The van der Waals surface area contributed by atoms with Gasteiger partial charge >= 0.3 is 5.97 Å². The molecule has 1 unspecified atom stereocenters.